The lowest BCUT2D eigenvalue weighted by Crippen LogP contribution is -2.31. The maximum Gasteiger partial charge on any atom is 0.319 e. The zero-order valence-corrected chi connectivity index (χ0v) is 18.6. The Balaban J connectivity index is 1.45. The van der Waals surface area contributed by atoms with E-state index in [1.54, 1.807) is 63.0 Å². The average molecular weight is 451 g/mol. The molecule has 4 aromatic rings. The third-order valence-electron chi connectivity index (χ3n) is 4.72. The lowest BCUT2D eigenvalue weighted by molar-refractivity contribution is 0.249. The predicted octanol–water partition coefficient (Wildman–Crippen LogP) is 5.38. The van der Waals surface area contributed by atoms with E-state index in [2.05, 4.69) is 20.6 Å². The molecular weight excluding hydrogens is 428 g/mol. The number of anilines is 1. The minimum absolute atomic E-state index is 0.173. The number of fused-ring (bicyclic) bond motifs is 1. The van der Waals surface area contributed by atoms with Crippen molar-refractivity contribution in [1.82, 2.24) is 15.3 Å². The summed E-state index contributed by atoms with van der Waals surface area (Å²) in [6.45, 7) is 1.89. The summed E-state index contributed by atoms with van der Waals surface area (Å²) in [6.07, 6.45) is 3.39. The fourth-order valence-corrected chi connectivity index (χ4v) is 3.79. The zero-order valence-electron chi connectivity index (χ0n) is 17.8. The van der Waals surface area contributed by atoms with Gasteiger partial charge in [0.1, 0.15) is 16.5 Å². The summed E-state index contributed by atoms with van der Waals surface area (Å²) >= 11 is 1.50. The van der Waals surface area contributed by atoms with Crippen LogP contribution in [0.2, 0.25) is 0 Å². The van der Waals surface area contributed by atoms with Gasteiger partial charge in [0, 0.05) is 34.9 Å². The highest BCUT2D eigenvalue weighted by atomic mass is 32.1. The van der Waals surface area contributed by atoms with Crippen LogP contribution in [0.4, 0.5) is 10.5 Å². The molecule has 0 saturated carbocycles. The van der Waals surface area contributed by atoms with Crippen LogP contribution in [0.5, 0.6) is 23.0 Å². The molecule has 1 atom stereocenters. The molecule has 9 heteroatoms. The Hall–Kier alpha value is -3.85. The number of carbonyl (C=O) groups excluding carboxylic acids is 1. The van der Waals surface area contributed by atoms with E-state index in [9.17, 15) is 4.79 Å². The van der Waals surface area contributed by atoms with Crippen LogP contribution in [0, 0.1) is 0 Å². The highest BCUT2D eigenvalue weighted by Gasteiger charge is 2.13. The molecule has 164 valence electrons. The first-order valence-electron chi connectivity index (χ1n) is 9.83. The van der Waals surface area contributed by atoms with Gasteiger partial charge < -0.3 is 24.8 Å². The topological polar surface area (TPSA) is 94.6 Å². The number of pyridine rings is 1. The van der Waals surface area contributed by atoms with Crippen LogP contribution < -0.4 is 24.8 Å². The molecule has 2 heterocycles. The van der Waals surface area contributed by atoms with Gasteiger partial charge in [0.15, 0.2) is 11.5 Å². The van der Waals surface area contributed by atoms with Gasteiger partial charge >= 0.3 is 6.03 Å². The highest BCUT2D eigenvalue weighted by Crippen LogP contribution is 2.37. The lowest BCUT2D eigenvalue weighted by Gasteiger charge is -2.14. The number of nitrogens with zero attached hydrogens (tertiary/aromatic N) is 2. The number of benzene rings is 2. The summed E-state index contributed by atoms with van der Waals surface area (Å²) in [7, 11) is 3.17. The van der Waals surface area contributed by atoms with Crippen molar-refractivity contribution in [2.75, 3.05) is 19.5 Å². The van der Waals surface area contributed by atoms with Crippen LogP contribution in [0.15, 0.2) is 60.2 Å². The molecule has 0 aliphatic carbocycles. The number of amides is 2. The van der Waals surface area contributed by atoms with E-state index < -0.39 is 0 Å². The van der Waals surface area contributed by atoms with Crippen LogP contribution in [0.3, 0.4) is 0 Å². The second-order valence-electron chi connectivity index (χ2n) is 6.85. The van der Waals surface area contributed by atoms with Gasteiger partial charge in [-0.25, -0.2) is 9.78 Å². The Bertz CT molecular complexity index is 1210. The van der Waals surface area contributed by atoms with Gasteiger partial charge in [0.05, 0.1) is 25.8 Å². The van der Waals surface area contributed by atoms with Crippen molar-refractivity contribution in [2.24, 2.45) is 0 Å². The van der Waals surface area contributed by atoms with Crippen molar-refractivity contribution in [1.29, 1.82) is 0 Å². The molecule has 2 N–H and O–H groups in total. The van der Waals surface area contributed by atoms with E-state index in [1.165, 1.54) is 11.3 Å². The van der Waals surface area contributed by atoms with Crippen LogP contribution in [0.25, 0.3) is 10.9 Å². The Labute approximate surface area is 189 Å². The number of aromatic nitrogens is 2. The Kier molecular flexibility index (Phi) is 6.37. The number of ether oxygens (including phenoxy) is 3. The first-order valence-corrected chi connectivity index (χ1v) is 10.7. The first-order chi connectivity index (χ1) is 15.6. The van der Waals surface area contributed by atoms with Crippen molar-refractivity contribution < 1.29 is 19.0 Å². The molecule has 0 spiro atoms. The summed E-state index contributed by atoms with van der Waals surface area (Å²) < 4.78 is 16.8. The molecule has 0 fully saturated rings. The zero-order chi connectivity index (χ0) is 22.5. The monoisotopic (exact) mass is 450 g/mol. The maximum atomic E-state index is 12.2. The number of hydrogen-bond acceptors (Lipinski definition) is 7. The molecule has 0 aliphatic heterocycles. The van der Waals surface area contributed by atoms with Crippen LogP contribution >= 0.6 is 11.3 Å². The van der Waals surface area contributed by atoms with Crippen molar-refractivity contribution in [2.45, 2.75) is 13.0 Å². The van der Waals surface area contributed by atoms with E-state index in [0.717, 1.165) is 15.9 Å². The number of thiazole rings is 1. The first kappa shape index (κ1) is 21.4. The van der Waals surface area contributed by atoms with E-state index >= 15 is 0 Å². The molecule has 2 aromatic carbocycles. The predicted molar refractivity (Wildman–Crippen MR) is 124 cm³/mol. The highest BCUT2D eigenvalue weighted by molar-refractivity contribution is 7.09. The number of methoxy groups -OCH3 is 2. The van der Waals surface area contributed by atoms with Gasteiger partial charge in [-0.15, -0.1) is 11.3 Å². The molecule has 0 aliphatic rings. The van der Waals surface area contributed by atoms with Gasteiger partial charge in [0.25, 0.3) is 0 Å². The fourth-order valence-electron chi connectivity index (χ4n) is 3.14. The van der Waals surface area contributed by atoms with Gasteiger partial charge in [0.2, 0.25) is 0 Å². The molecule has 2 amide bonds. The van der Waals surface area contributed by atoms with Crippen molar-refractivity contribution in [3.8, 4) is 23.0 Å². The fraction of sp³-hybridized carbons (Fsp3) is 0.174. The molecule has 0 saturated heterocycles. The smallest absolute Gasteiger partial charge is 0.319 e. The largest absolute Gasteiger partial charge is 0.493 e. The third-order valence-corrected chi connectivity index (χ3v) is 5.67. The van der Waals surface area contributed by atoms with E-state index in [1.807, 2.05) is 18.4 Å². The Morgan fingerprint density at radius 3 is 2.41 bits per heavy atom. The number of hydrogen-bond donors (Lipinski definition) is 2. The minimum Gasteiger partial charge on any atom is -0.493 e. The molecule has 2 aromatic heterocycles. The summed E-state index contributed by atoms with van der Waals surface area (Å²) in [6, 6.07) is 12.1. The minimum atomic E-state index is -0.303. The summed E-state index contributed by atoms with van der Waals surface area (Å²) in [4.78, 5) is 20.8. The standard InChI is InChI=1S/C23H22N4O4S/c1-14(22-25-10-11-32-22)26-23(28)27-15-4-6-16(7-5-15)31-19-8-9-24-18-13-21(30-3)20(29-2)12-17(18)19/h4-14H,1-3H3,(H2,26,27,28)/t14-/m1/s1. The summed E-state index contributed by atoms with van der Waals surface area (Å²) in [5.74, 6) is 2.44. The molecule has 32 heavy (non-hydrogen) atoms. The normalized spacial score (nSPS) is 11.6. The number of urea groups is 1. The lowest BCUT2D eigenvalue weighted by atomic mass is 10.2. The van der Waals surface area contributed by atoms with Crippen molar-refractivity contribution in [3.05, 3.63) is 65.2 Å². The Morgan fingerprint density at radius 1 is 0.969 bits per heavy atom. The van der Waals surface area contributed by atoms with E-state index in [4.69, 9.17) is 14.2 Å². The number of nitrogens with one attached hydrogen (secondary N) is 2. The molecule has 0 unspecified atom stereocenters. The van der Waals surface area contributed by atoms with E-state index in [-0.39, 0.29) is 12.1 Å². The van der Waals surface area contributed by atoms with Gasteiger partial charge in [-0.05, 0) is 43.3 Å². The maximum absolute atomic E-state index is 12.2. The van der Waals surface area contributed by atoms with Crippen molar-refractivity contribution in [3.63, 3.8) is 0 Å². The van der Waals surface area contributed by atoms with Crippen LogP contribution in [-0.4, -0.2) is 30.2 Å². The Morgan fingerprint density at radius 2 is 1.72 bits per heavy atom. The third kappa shape index (κ3) is 4.73. The van der Waals surface area contributed by atoms with Gasteiger partial charge in [-0.2, -0.15) is 0 Å². The van der Waals surface area contributed by atoms with Gasteiger partial charge in [-0.3, -0.25) is 4.98 Å². The van der Waals surface area contributed by atoms with Gasteiger partial charge in [-0.1, -0.05) is 0 Å². The molecular formula is C23H22N4O4S. The number of rotatable bonds is 7. The number of carbonyl (C=O) groups is 1. The quantitative estimate of drug-likeness (QED) is 0.392. The second kappa shape index (κ2) is 9.52. The molecule has 4 rings (SSSR count). The molecule has 8 nitrogen and oxygen atoms in total. The summed E-state index contributed by atoms with van der Waals surface area (Å²) in [5.41, 5.74) is 1.37. The van der Waals surface area contributed by atoms with Crippen LogP contribution in [-0.2, 0) is 0 Å². The average Bonchev–Trinajstić information content (AvgIpc) is 3.35. The molecule has 0 bridgehead atoms. The van der Waals surface area contributed by atoms with Crippen molar-refractivity contribution >= 4 is 34.0 Å². The van der Waals surface area contributed by atoms with Crippen LogP contribution in [0.1, 0.15) is 18.0 Å². The second-order valence-corrected chi connectivity index (χ2v) is 7.78. The molecule has 0 radical (unpaired) electrons. The summed E-state index contributed by atoms with van der Waals surface area (Å²) in [5, 5.41) is 9.20. The SMILES string of the molecule is COc1cc2nccc(Oc3ccc(NC(=O)N[C@H](C)c4nccs4)cc3)c2cc1OC. The van der Waals surface area contributed by atoms with E-state index in [0.29, 0.717) is 28.7 Å².